The Morgan fingerprint density at radius 1 is 1.25 bits per heavy atom. The van der Waals surface area contributed by atoms with Crippen molar-refractivity contribution >= 4 is 10.0 Å². The van der Waals surface area contributed by atoms with E-state index in [4.69, 9.17) is 0 Å². The smallest absolute Gasteiger partial charge is 0.207 e. The van der Waals surface area contributed by atoms with Crippen molar-refractivity contribution in [2.24, 2.45) is 0 Å². The Balaban J connectivity index is 2.65. The van der Waals surface area contributed by atoms with Gasteiger partial charge in [-0.3, -0.25) is 0 Å². The van der Waals surface area contributed by atoms with E-state index in [1.54, 1.807) is 0 Å². The van der Waals surface area contributed by atoms with Gasteiger partial charge in [-0.1, -0.05) is 0 Å². The van der Waals surface area contributed by atoms with Crippen molar-refractivity contribution in [1.82, 2.24) is 9.19 Å². The third kappa shape index (κ3) is 1.69. The molecule has 0 aliphatic carbocycles. The number of benzene rings is 1. The van der Waals surface area contributed by atoms with Crippen LogP contribution in [0.5, 0.6) is 0 Å². The van der Waals surface area contributed by atoms with Crippen molar-refractivity contribution in [3.8, 4) is 0 Å². The van der Waals surface area contributed by atoms with Crippen LogP contribution in [0.3, 0.4) is 0 Å². The fraction of sp³-hybridized carbons (Fsp3) is 0. The normalized spacial score (nSPS) is 11.6. The second-order valence-corrected chi connectivity index (χ2v) is 4.72. The number of aromatic nitrogens is 2. The predicted molar refractivity (Wildman–Crippen MR) is 51.2 cm³/mol. The summed E-state index contributed by atoms with van der Waals surface area (Å²) in [5, 5.41) is 3.47. The highest BCUT2D eigenvalue weighted by atomic mass is 32.2. The van der Waals surface area contributed by atoms with Crippen LogP contribution in [0.2, 0.25) is 0 Å². The Morgan fingerprint density at radius 2 is 2.00 bits per heavy atom. The van der Waals surface area contributed by atoms with Gasteiger partial charge in [-0.25, -0.2) is 8.78 Å². The summed E-state index contributed by atoms with van der Waals surface area (Å²) in [6.07, 6.45) is 2.37. The molecule has 1 heterocycles. The SMILES string of the molecule is O=S(=O)(c1cc(F)ccc1F)n1cccn1. The van der Waals surface area contributed by atoms with E-state index in [0.29, 0.717) is 10.2 Å². The van der Waals surface area contributed by atoms with Gasteiger partial charge in [0.05, 0.1) is 6.20 Å². The Morgan fingerprint density at radius 3 is 2.62 bits per heavy atom. The van der Waals surface area contributed by atoms with Crippen molar-refractivity contribution in [1.29, 1.82) is 0 Å². The number of hydrogen-bond donors (Lipinski definition) is 0. The Kier molecular flexibility index (Phi) is 2.47. The van der Waals surface area contributed by atoms with Crippen LogP contribution in [0.1, 0.15) is 0 Å². The van der Waals surface area contributed by atoms with E-state index in [0.717, 1.165) is 18.3 Å². The molecule has 0 radical (unpaired) electrons. The molecule has 0 spiro atoms. The molecule has 0 saturated carbocycles. The maximum Gasteiger partial charge on any atom is 0.285 e. The third-order valence-electron chi connectivity index (χ3n) is 1.90. The molecule has 1 aromatic carbocycles. The fourth-order valence-electron chi connectivity index (χ4n) is 1.17. The molecule has 0 fully saturated rings. The highest BCUT2D eigenvalue weighted by Crippen LogP contribution is 2.17. The first-order valence-corrected chi connectivity index (χ1v) is 5.66. The lowest BCUT2D eigenvalue weighted by atomic mass is 10.3. The molecule has 0 N–H and O–H groups in total. The molecule has 0 amide bonds. The van der Waals surface area contributed by atoms with E-state index in [-0.39, 0.29) is 0 Å². The monoisotopic (exact) mass is 244 g/mol. The van der Waals surface area contributed by atoms with Crippen LogP contribution in [0.4, 0.5) is 8.78 Å². The average molecular weight is 244 g/mol. The average Bonchev–Trinajstić information content (AvgIpc) is 2.75. The lowest BCUT2D eigenvalue weighted by Gasteiger charge is -2.05. The highest BCUT2D eigenvalue weighted by molar-refractivity contribution is 7.89. The predicted octanol–water partition coefficient (Wildman–Crippen LogP) is 1.40. The Bertz CT molecular complexity index is 608. The first kappa shape index (κ1) is 10.7. The van der Waals surface area contributed by atoms with Crippen LogP contribution in [-0.4, -0.2) is 17.6 Å². The molecule has 2 rings (SSSR count). The summed E-state index contributed by atoms with van der Waals surface area (Å²) < 4.78 is 50.2. The van der Waals surface area contributed by atoms with Crippen molar-refractivity contribution in [3.63, 3.8) is 0 Å². The molecule has 0 saturated heterocycles. The van der Waals surface area contributed by atoms with Crippen LogP contribution in [-0.2, 0) is 10.0 Å². The summed E-state index contributed by atoms with van der Waals surface area (Å²) in [7, 11) is -4.16. The molecule has 1 aromatic heterocycles. The lowest BCUT2D eigenvalue weighted by Crippen LogP contribution is -2.15. The maximum absolute atomic E-state index is 13.3. The molecule has 7 heteroatoms. The van der Waals surface area contributed by atoms with Crippen LogP contribution in [0, 0.1) is 11.6 Å². The minimum Gasteiger partial charge on any atom is -0.207 e. The third-order valence-corrected chi connectivity index (χ3v) is 3.47. The molecule has 2 aromatic rings. The van der Waals surface area contributed by atoms with Crippen molar-refractivity contribution in [3.05, 3.63) is 48.3 Å². The molecule has 0 aliphatic heterocycles. The van der Waals surface area contributed by atoms with Gasteiger partial charge in [0.25, 0.3) is 10.0 Å². The topological polar surface area (TPSA) is 52.0 Å². The van der Waals surface area contributed by atoms with E-state index in [1.807, 2.05) is 0 Å². The van der Waals surface area contributed by atoms with Crippen LogP contribution < -0.4 is 0 Å². The van der Waals surface area contributed by atoms with E-state index in [1.165, 1.54) is 12.3 Å². The van der Waals surface area contributed by atoms with Gasteiger partial charge < -0.3 is 0 Å². The minimum absolute atomic E-state index is 0.574. The fourth-order valence-corrected chi connectivity index (χ4v) is 2.36. The van der Waals surface area contributed by atoms with Crippen molar-refractivity contribution < 1.29 is 17.2 Å². The van der Waals surface area contributed by atoms with E-state index in [2.05, 4.69) is 5.10 Å². The number of hydrogen-bond acceptors (Lipinski definition) is 3. The van der Waals surface area contributed by atoms with Gasteiger partial charge in [0.1, 0.15) is 16.5 Å². The van der Waals surface area contributed by atoms with Crippen LogP contribution in [0.25, 0.3) is 0 Å². The Hall–Kier alpha value is -1.76. The van der Waals surface area contributed by atoms with E-state index < -0.39 is 26.6 Å². The first-order chi connectivity index (χ1) is 7.51. The summed E-state index contributed by atoms with van der Waals surface area (Å²) in [4.78, 5) is -0.740. The standard InChI is InChI=1S/C9H6F2N2O2S/c10-7-2-3-8(11)9(6-7)16(14,15)13-5-1-4-12-13/h1-6H. The largest absolute Gasteiger partial charge is 0.285 e. The summed E-state index contributed by atoms with van der Waals surface area (Å²) in [5.41, 5.74) is 0. The van der Waals surface area contributed by atoms with E-state index >= 15 is 0 Å². The van der Waals surface area contributed by atoms with Gasteiger partial charge >= 0.3 is 0 Å². The molecular formula is C9H6F2N2O2S. The van der Waals surface area contributed by atoms with Crippen LogP contribution in [0.15, 0.2) is 41.6 Å². The van der Waals surface area contributed by atoms with Gasteiger partial charge in [-0.15, -0.1) is 0 Å². The molecule has 0 bridgehead atoms. The summed E-state index contributed by atoms with van der Waals surface area (Å²) in [6, 6.07) is 3.59. The quantitative estimate of drug-likeness (QED) is 0.802. The first-order valence-electron chi connectivity index (χ1n) is 4.22. The molecule has 16 heavy (non-hydrogen) atoms. The molecule has 0 aliphatic rings. The van der Waals surface area contributed by atoms with Gasteiger partial charge in [-0.2, -0.15) is 17.6 Å². The van der Waals surface area contributed by atoms with Crippen LogP contribution >= 0.6 is 0 Å². The van der Waals surface area contributed by atoms with Gasteiger partial charge in [0.15, 0.2) is 0 Å². The second-order valence-electron chi connectivity index (χ2n) is 2.96. The van der Waals surface area contributed by atoms with Crippen molar-refractivity contribution in [2.75, 3.05) is 0 Å². The number of rotatable bonds is 2. The maximum atomic E-state index is 13.3. The minimum atomic E-state index is -4.16. The van der Waals surface area contributed by atoms with Gasteiger partial charge in [0, 0.05) is 6.20 Å². The zero-order chi connectivity index (χ0) is 11.8. The molecular weight excluding hydrogens is 238 g/mol. The highest BCUT2D eigenvalue weighted by Gasteiger charge is 2.22. The second kappa shape index (κ2) is 3.67. The summed E-state index contributed by atoms with van der Waals surface area (Å²) in [5.74, 6) is -1.84. The number of halogens is 2. The number of nitrogens with zero attached hydrogens (tertiary/aromatic N) is 2. The lowest BCUT2D eigenvalue weighted by molar-refractivity contribution is 0.545. The molecule has 0 atom stereocenters. The van der Waals surface area contributed by atoms with Gasteiger partial charge in [-0.05, 0) is 24.3 Å². The summed E-state index contributed by atoms with van der Waals surface area (Å²) >= 11 is 0. The van der Waals surface area contributed by atoms with Crippen molar-refractivity contribution in [2.45, 2.75) is 4.90 Å². The zero-order valence-corrected chi connectivity index (χ0v) is 8.66. The Labute approximate surface area is 90.2 Å². The molecule has 4 nitrogen and oxygen atoms in total. The van der Waals surface area contributed by atoms with Gasteiger partial charge in [0.2, 0.25) is 0 Å². The van der Waals surface area contributed by atoms with E-state index in [9.17, 15) is 17.2 Å². The zero-order valence-electron chi connectivity index (χ0n) is 7.84. The molecule has 84 valence electrons. The molecule has 0 unspecified atom stereocenters. The summed E-state index contributed by atoms with van der Waals surface area (Å²) in [6.45, 7) is 0.